The Kier molecular flexibility index (Phi) is 8.97. The van der Waals surface area contributed by atoms with Crippen LogP contribution in [0.25, 0.3) is 22.4 Å². The summed E-state index contributed by atoms with van der Waals surface area (Å²) >= 11 is 0. The smallest absolute Gasteiger partial charge is 0.410 e. The summed E-state index contributed by atoms with van der Waals surface area (Å²) in [5, 5.41) is 3.01. The lowest BCUT2D eigenvalue weighted by molar-refractivity contribution is -0.125. The molecule has 3 aromatic rings. The zero-order valence-electron chi connectivity index (χ0n) is 26.6. The van der Waals surface area contributed by atoms with Crippen molar-refractivity contribution in [1.82, 2.24) is 25.1 Å². The predicted molar refractivity (Wildman–Crippen MR) is 170 cm³/mol. The number of benzene rings is 2. The lowest BCUT2D eigenvalue weighted by Crippen LogP contribution is -2.47. The first-order valence-corrected chi connectivity index (χ1v) is 15.6. The second-order valence-corrected chi connectivity index (χ2v) is 14.2. The average molecular weight is 586 g/mol. The third-order valence-electron chi connectivity index (χ3n) is 8.09. The number of imidazole rings is 1. The van der Waals surface area contributed by atoms with Gasteiger partial charge in [-0.3, -0.25) is 14.6 Å². The fourth-order valence-corrected chi connectivity index (χ4v) is 6.13. The molecule has 2 amide bonds. The zero-order valence-corrected chi connectivity index (χ0v) is 26.6. The Morgan fingerprint density at radius 2 is 1.53 bits per heavy atom. The van der Waals surface area contributed by atoms with E-state index in [0.29, 0.717) is 25.6 Å². The predicted octanol–water partition coefficient (Wildman–Crippen LogP) is 6.94. The van der Waals surface area contributed by atoms with Crippen molar-refractivity contribution < 1.29 is 14.3 Å². The molecule has 0 radical (unpaired) electrons. The number of aromatic amines is 1. The van der Waals surface area contributed by atoms with Crippen molar-refractivity contribution in [2.75, 3.05) is 19.6 Å². The Balaban J connectivity index is 1.16. The lowest BCUT2D eigenvalue weighted by atomic mass is 9.95. The van der Waals surface area contributed by atoms with Gasteiger partial charge in [0.2, 0.25) is 5.91 Å². The van der Waals surface area contributed by atoms with Crippen LogP contribution in [0.2, 0.25) is 0 Å². The Labute approximate surface area is 256 Å². The van der Waals surface area contributed by atoms with Crippen LogP contribution in [0.3, 0.4) is 0 Å². The van der Waals surface area contributed by atoms with Gasteiger partial charge >= 0.3 is 6.09 Å². The molecular formula is C35H47N5O3. The molecule has 2 aliphatic rings. The fraction of sp³-hybridized carbons (Fsp3) is 0.514. The molecule has 0 bridgehead atoms. The van der Waals surface area contributed by atoms with Gasteiger partial charge in [-0.2, -0.15) is 0 Å². The van der Waals surface area contributed by atoms with Crippen molar-refractivity contribution in [3.63, 3.8) is 0 Å². The van der Waals surface area contributed by atoms with E-state index in [2.05, 4.69) is 72.4 Å². The Morgan fingerprint density at radius 3 is 2.19 bits per heavy atom. The van der Waals surface area contributed by atoms with E-state index in [1.807, 2.05) is 39.1 Å². The van der Waals surface area contributed by atoms with Crippen LogP contribution in [0.5, 0.6) is 0 Å². The summed E-state index contributed by atoms with van der Waals surface area (Å²) in [5.74, 6) is 0.925. The Morgan fingerprint density at radius 1 is 0.907 bits per heavy atom. The highest BCUT2D eigenvalue weighted by molar-refractivity contribution is 5.86. The molecular weight excluding hydrogens is 538 g/mol. The van der Waals surface area contributed by atoms with Crippen molar-refractivity contribution in [1.29, 1.82) is 0 Å². The van der Waals surface area contributed by atoms with Gasteiger partial charge in [0.05, 0.1) is 17.9 Å². The van der Waals surface area contributed by atoms with Crippen LogP contribution in [0.1, 0.15) is 84.7 Å². The third-order valence-corrected chi connectivity index (χ3v) is 8.09. The number of nitrogens with zero attached hydrogens (tertiary/aromatic N) is 3. The number of aromatic nitrogens is 2. The van der Waals surface area contributed by atoms with Crippen LogP contribution >= 0.6 is 0 Å². The van der Waals surface area contributed by atoms with E-state index in [1.165, 1.54) is 6.42 Å². The fourth-order valence-electron chi connectivity index (χ4n) is 6.13. The van der Waals surface area contributed by atoms with Gasteiger partial charge in [0.25, 0.3) is 0 Å². The highest BCUT2D eigenvalue weighted by Gasteiger charge is 2.36. The molecule has 0 spiro atoms. The number of carbonyl (C=O) groups is 2. The topological polar surface area (TPSA) is 90.6 Å². The van der Waals surface area contributed by atoms with E-state index in [9.17, 15) is 9.59 Å². The number of ether oxygens (including phenoxy) is 1. The van der Waals surface area contributed by atoms with E-state index in [1.54, 1.807) is 4.90 Å². The number of hydrogen-bond donors (Lipinski definition) is 2. The molecule has 2 aliphatic heterocycles. The minimum atomic E-state index is -0.589. The minimum absolute atomic E-state index is 0.139. The van der Waals surface area contributed by atoms with E-state index < -0.39 is 17.7 Å². The summed E-state index contributed by atoms with van der Waals surface area (Å²) in [5.41, 5.74) is 5.09. The van der Waals surface area contributed by atoms with Crippen LogP contribution in [0.4, 0.5) is 4.79 Å². The molecule has 5 rings (SSSR count). The largest absolute Gasteiger partial charge is 0.444 e. The van der Waals surface area contributed by atoms with Gasteiger partial charge in [-0.25, -0.2) is 9.78 Å². The number of H-pyrrole nitrogens is 1. The number of likely N-dealkylation sites (tertiary alicyclic amines) is 2. The number of rotatable bonds is 7. The Hall–Kier alpha value is -3.65. The maximum absolute atomic E-state index is 12.9. The molecule has 2 N–H and O–H groups in total. The van der Waals surface area contributed by atoms with Gasteiger partial charge in [-0.1, -0.05) is 69.3 Å². The molecule has 1 aromatic heterocycles. The molecule has 3 heterocycles. The Bertz CT molecular complexity index is 1400. The second-order valence-electron chi connectivity index (χ2n) is 14.2. The molecule has 2 fully saturated rings. The number of hydrogen-bond acceptors (Lipinski definition) is 5. The molecule has 2 atom stereocenters. The van der Waals surface area contributed by atoms with Crippen molar-refractivity contribution in [3.05, 3.63) is 66.1 Å². The molecule has 2 saturated heterocycles. The summed E-state index contributed by atoms with van der Waals surface area (Å²) in [6, 6.07) is 16.7. The van der Waals surface area contributed by atoms with Crippen LogP contribution in [0, 0.1) is 5.41 Å². The molecule has 230 valence electrons. The lowest BCUT2D eigenvalue weighted by Gasteiger charge is -2.30. The first kappa shape index (κ1) is 30.8. The summed E-state index contributed by atoms with van der Waals surface area (Å²) in [6.45, 7) is 15.5. The van der Waals surface area contributed by atoms with Crippen LogP contribution in [-0.2, 0) is 16.1 Å². The highest BCUT2D eigenvalue weighted by Crippen LogP contribution is 2.34. The van der Waals surface area contributed by atoms with E-state index in [-0.39, 0.29) is 11.3 Å². The number of nitrogens with one attached hydrogen (secondary N) is 2. The summed E-state index contributed by atoms with van der Waals surface area (Å²) < 4.78 is 5.49. The van der Waals surface area contributed by atoms with E-state index >= 15 is 0 Å². The van der Waals surface area contributed by atoms with Crippen molar-refractivity contribution >= 4 is 12.0 Å². The maximum Gasteiger partial charge on any atom is 0.410 e. The summed E-state index contributed by atoms with van der Waals surface area (Å²) in [7, 11) is 0. The van der Waals surface area contributed by atoms with Gasteiger partial charge in [-0.05, 0) is 80.7 Å². The normalized spacial score (nSPS) is 19.5. The van der Waals surface area contributed by atoms with Gasteiger partial charge in [0, 0.05) is 19.6 Å². The maximum atomic E-state index is 12.9. The molecule has 2 aromatic carbocycles. The SMILES string of the molecule is CC(C)(C)CN1CCCC1c1ncc(-c2ccc(-c3ccc(CNC(=O)C4CCCN4C(=O)OC(C)(C)C)cc3)cc2)[nH]1. The van der Waals surface area contributed by atoms with Gasteiger partial charge in [0.15, 0.2) is 0 Å². The molecule has 8 heteroatoms. The number of amides is 2. The molecule has 8 nitrogen and oxygen atoms in total. The molecule has 0 aliphatic carbocycles. The van der Waals surface area contributed by atoms with Gasteiger partial charge < -0.3 is 15.0 Å². The average Bonchev–Trinajstić information content (AvgIpc) is 3.71. The number of carbonyl (C=O) groups excluding carboxylic acids is 2. The molecule has 0 saturated carbocycles. The second kappa shape index (κ2) is 12.5. The van der Waals surface area contributed by atoms with Crippen LogP contribution < -0.4 is 5.32 Å². The summed E-state index contributed by atoms with van der Waals surface area (Å²) in [4.78, 5) is 38.0. The van der Waals surface area contributed by atoms with E-state index in [0.717, 1.165) is 59.7 Å². The minimum Gasteiger partial charge on any atom is -0.444 e. The van der Waals surface area contributed by atoms with Crippen LogP contribution in [-0.4, -0.2) is 63.0 Å². The first-order valence-electron chi connectivity index (χ1n) is 15.6. The quantitative estimate of drug-likeness (QED) is 0.313. The van der Waals surface area contributed by atoms with Crippen molar-refractivity contribution in [2.24, 2.45) is 5.41 Å². The van der Waals surface area contributed by atoms with E-state index in [4.69, 9.17) is 9.72 Å². The highest BCUT2D eigenvalue weighted by atomic mass is 16.6. The first-order chi connectivity index (χ1) is 20.4. The standard InChI is InChI=1S/C35H47N5O3/c1-34(2,3)23-39-19-7-9-29(39)31-36-22-28(38-31)27-17-15-26(16-18-27)25-13-11-24(12-14-25)21-37-32(41)30-10-8-20-40(30)33(42)43-35(4,5)6/h11-18,22,29-30H,7-10,19-21,23H2,1-6H3,(H,36,38)(H,37,41). The van der Waals surface area contributed by atoms with Crippen molar-refractivity contribution in [3.8, 4) is 22.4 Å². The van der Waals surface area contributed by atoms with Crippen LogP contribution in [0.15, 0.2) is 54.7 Å². The summed E-state index contributed by atoms with van der Waals surface area (Å²) in [6.07, 6.45) is 5.33. The third kappa shape index (κ3) is 7.85. The van der Waals surface area contributed by atoms with Crippen molar-refractivity contribution in [2.45, 2.75) is 91.5 Å². The molecule has 2 unspecified atom stereocenters. The monoisotopic (exact) mass is 585 g/mol. The van der Waals surface area contributed by atoms with Gasteiger partial charge in [-0.15, -0.1) is 0 Å². The molecule has 43 heavy (non-hydrogen) atoms. The zero-order chi connectivity index (χ0) is 30.8. The van der Waals surface area contributed by atoms with Gasteiger partial charge in [0.1, 0.15) is 17.5 Å².